The number of fused-ring (bicyclic) bond motifs is 3. The summed E-state index contributed by atoms with van der Waals surface area (Å²) >= 11 is 0. The molecule has 36 heavy (non-hydrogen) atoms. The highest BCUT2D eigenvalue weighted by Crippen LogP contribution is 2.45. The molecule has 0 aromatic rings. The number of rotatable bonds is 0. The summed E-state index contributed by atoms with van der Waals surface area (Å²) in [6.45, 7) is 12.6. The SMILES string of the molecule is CC1=COC(=O)C2[C@@H](C)CC[C@@H]12.CC1=COC(=O)[C@@H]2C1CC[C@@H]2C.CC1=COC(=O)[C@H]2[C@@H]1CC[C@@H]2C. The first-order chi connectivity index (χ1) is 17.1. The zero-order valence-electron chi connectivity index (χ0n) is 22.6. The minimum atomic E-state index is -0.0180. The average Bonchev–Trinajstić information content (AvgIpc) is 3.55. The van der Waals surface area contributed by atoms with E-state index in [9.17, 15) is 14.4 Å². The molecule has 0 bridgehead atoms. The molecule has 0 saturated heterocycles. The summed E-state index contributed by atoms with van der Waals surface area (Å²) in [5.74, 6) is 3.33. The molecule has 6 aliphatic rings. The highest BCUT2D eigenvalue weighted by molar-refractivity contribution is 5.77. The van der Waals surface area contributed by atoms with E-state index < -0.39 is 0 Å². The second-order valence-corrected chi connectivity index (χ2v) is 12.0. The highest BCUT2D eigenvalue weighted by Gasteiger charge is 2.44. The topological polar surface area (TPSA) is 78.9 Å². The van der Waals surface area contributed by atoms with Crippen LogP contribution in [0.4, 0.5) is 0 Å². The molecule has 6 heteroatoms. The smallest absolute Gasteiger partial charge is 0.314 e. The molecule has 0 radical (unpaired) electrons. The largest absolute Gasteiger partial charge is 0.434 e. The average molecular weight is 499 g/mol. The Morgan fingerprint density at radius 1 is 0.500 bits per heavy atom. The van der Waals surface area contributed by atoms with Gasteiger partial charge in [0.25, 0.3) is 0 Å². The van der Waals surface area contributed by atoms with Gasteiger partial charge in [0.15, 0.2) is 0 Å². The lowest BCUT2D eigenvalue weighted by atomic mass is 9.85. The first-order valence-electron chi connectivity index (χ1n) is 13.7. The summed E-state index contributed by atoms with van der Waals surface area (Å²) in [6, 6.07) is 0. The Labute approximate surface area is 215 Å². The molecule has 3 saturated carbocycles. The lowest BCUT2D eigenvalue weighted by molar-refractivity contribution is -0.147. The van der Waals surface area contributed by atoms with Crippen LogP contribution < -0.4 is 0 Å². The molecule has 0 amide bonds. The van der Waals surface area contributed by atoms with Crippen LogP contribution in [0.25, 0.3) is 0 Å². The normalized spacial score (nSPS) is 40.3. The molecular formula is C30H42O6. The summed E-state index contributed by atoms with van der Waals surface area (Å²) in [6.07, 6.45) is 11.8. The molecule has 2 unspecified atom stereocenters. The van der Waals surface area contributed by atoms with Crippen LogP contribution in [0.3, 0.4) is 0 Å². The second kappa shape index (κ2) is 10.9. The second-order valence-electron chi connectivity index (χ2n) is 12.0. The van der Waals surface area contributed by atoms with Gasteiger partial charge in [-0.2, -0.15) is 0 Å². The van der Waals surface area contributed by atoms with E-state index in [0.717, 1.165) is 38.5 Å². The van der Waals surface area contributed by atoms with Gasteiger partial charge in [-0.25, -0.2) is 0 Å². The number of carbonyl (C=O) groups excluding carboxylic acids is 3. The van der Waals surface area contributed by atoms with Gasteiger partial charge in [0, 0.05) is 0 Å². The molecule has 9 atom stereocenters. The van der Waals surface area contributed by atoms with Crippen molar-refractivity contribution in [2.75, 3.05) is 0 Å². The molecule has 6 rings (SSSR count). The zero-order valence-corrected chi connectivity index (χ0v) is 22.6. The molecule has 0 N–H and O–H groups in total. The van der Waals surface area contributed by atoms with Crippen molar-refractivity contribution in [3.8, 4) is 0 Å². The summed E-state index contributed by atoms with van der Waals surface area (Å²) in [5.41, 5.74) is 3.72. The fraction of sp³-hybridized carbons (Fsp3) is 0.700. The summed E-state index contributed by atoms with van der Waals surface area (Å²) in [5, 5.41) is 0. The molecule has 6 nitrogen and oxygen atoms in total. The van der Waals surface area contributed by atoms with Gasteiger partial charge in [-0.15, -0.1) is 0 Å². The first-order valence-corrected chi connectivity index (χ1v) is 13.7. The maximum atomic E-state index is 11.4. The number of hydrogen-bond acceptors (Lipinski definition) is 6. The van der Waals surface area contributed by atoms with E-state index in [-0.39, 0.29) is 35.7 Å². The number of esters is 3. The third-order valence-electron chi connectivity index (χ3n) is 9.59. The van der Waals surface area contributed by atoms with Gasteiger partial charge in [-0.1, -0.05) is 20.8 Å². The molecule has 3 aliphatic heterocycles. The van der Waals surface area contributed by atoms with Crippen molar-refractivity contribution in [1.29, 1.82) is 0 Å². The molecule has 3 heterocycles. The molecular weight excluding hydrogens is 456 g/mol. The standard InChI is InChI=1S/3C10H14O2/c3*1-6-3-4-8-7(2)5-12-10(11)9(6)8/h3*5-6,8-9H,3-4H2,1-2H3/t6-,8?,9-;6-,8+,9+;6-,8-,9?/m000/s1. The molecule has 3 aliphatic carbocycles. The van der Waals surface area contributed by atoms with Crippen LogP contribution in [0.1, 0.15) is 80.1 Å². The maximum Gasteiger partial charge on any atom is 0.314 e. The predicted molar refractivity (Wildman–Crippen MR) is 136 cm³/mol. The highest BCUT2D eigenvalue weighted by atomic mass is 16.5. The van der Waals surface area contributed by atoms with Crippen molar-refractivity contribution >= 4 is 17.9 Å². The van der Waals surface area contributed by atoms with Crippen LogP contribution in [0.5, 0.6) is 0 Å². The molecule has 198 valence electrons. The van der Waals surface area contributed by atoms with Gasteiger partial charge >= 0.3 is 17.9 Å². The lowest BCUT2D eigenvalue weighted by Gasteiger charge is -2.25. The minimum Gasteiger partial charge on any atom is -0.434 e. The quantitative estimate of drug-likeness (QED) is 0.287. The van der Waals surface area contributed by atoms with Gasteiger partial charge < -0.3 is 14.2 Å². The van der Waals surface area contributed by atoms with E-state index in [1.54, 1.807) is 18.8 Å². The van der Waals surface area contributed by atoms with Crippen LogP contribution in [-0.4, -0.2) is 17.9 Å². The van der Waals surface area contributed by atoms with Gasteiger partial charge in [-0.05, 0) is 112 Å². The molecule has 0 aromatic carbocycles. The summed E-state index contributed by atoms with van der Waals surface area (Å²) in [7, 11) is 0. The van der Waals surface area contributed by atoms with Crippen LogP contribution >= 0.6 is 0 Å². The Morgan fingerprint density at radius 2 is 0.750 bits per heavy atom. The van der Waals surface area contributed by atoms with Crippen LogP contribution in [0, 0.1) is 53.3 Å². The number of hydrogen-bond donors (Lipinski definition) is 0. The Kier molecular flexibility index (Phi) is 8.11. The van der Waals surface area contributed by atoms with Crippen molar-refractivity contribution in [3.05, 3.63) is 35.5 Å². The lowest BCUT2D eigenvalue weighted by Crippen LogP contribution is -2.28. The van der Waals surface area contributed by atoms with Gasteiger partial charge in [0.05, 0.1) is 36.5 Å². The fourth-order valence-electron chi connectivity index (χ4n) is 7.27. The maximum absolute atomic E-state index is 11.4. The van der Waals surface area contributed by atoms with E-state index in [1.165, 1.54) is 16.7 Å². The predicted octanol–water partition coefficient (Wildman–Crippen LogP) is 6.33. The van der Waals surface area contributed by atoms with Crippen molar-refractivity contribution in [2.45, 2.75) is 80.1 Å². The number of ether oxygens (including phenoxy) is 3. The van der Waals surface area contributed by atoms with Crippen molar-refractivity contribution in [2.24, 2.45) is 53.3 Å². The van der Waals surface area contributed by atoms with Gasteiger partial charge in [-0.3, -0.25) is 14.4 Å². The summed E-state index contributed by atoms with van der Waals surface area (Å²) in [4.78, 5) is 34.1. The van der Waals surface area contributed by atoms with E-state index in [1.807, 2.05) is 0 Å². The third kappa shape index (κ3) is 5.19. The Hall–Kier alpha value is -2.37. The third-order valence-corrected chi connectivity index (χ3v) is 9.59. The Morgan fingerprint density at radius 3 is 0.972 bits per heavy atom. The Bertz CT molecular complexity index is 850. The van der Waals surface area contributed by atoms with Crippen molar-refractivity contribution < 1.29 is 28.6 Å². The van der Waals surface area contributed by atoms with E-state index >= 15 is 0 Å². The molecule has 3 fully saturated rings. The van der Waals surface area contributed by atoms with Crippen molar-refractivity contribution in [3.63, 3.8) is 0 Å². The number of carbonyl (C=O) groups is 3. The van der Waals surface area contributed by atoms with E-state index in [0.29, 0.717) is 35.5 Å². The van der Waals surface area contributed by atoms with Gasteiger partial charge in [0.2, 0.25) is 0 Å². The molecule has 0 spiro atoms. The van der Waals surface area contributed by atoms with E-state index in [2.05, 4.69) is 41.5 Å². The van der Waals surface area contributed by atoms with Crippen LogP contribution in [0.2, 0.25) is 0 Å². The molecule has 0 aromatic heterocycles. The van der Waals surface area contributed by atoms with Crippen molar-refractivity contribution in [1.82, 2.24) is 0 Å². The number of allylic oxidation sites excluding steroid dienone is 3. The van der Waals surface area contributed by atoms with Crippen LogP contribution in [0.15, 0.2) is 35.5 Å². The Balaban J connectivity index is 0.000000127. The van der Waals surface area contributed by atoms with Gasteiger partial charge in [0.1, 0.15) is 0 Å². The monoisotopic (exact) mass is 498 g/mol. The van der Waals surface area contributed by atoms with E-state index in [4.69, 9.17) is 14.2 Å². The fourth-order valence-corrected chi connectivity index (χ4v) is 7.27. The number of cyclic esters (lactones) is 3. The zero-order chi connectivity index (χ0) is 26.1. The van der Waals surface area contributed by atoms with Crippen LogP contribution in [-0.2, 0) is 28.6 Å². The summed E-state index contributed by atoms with van der Waals surface area (Å²) < 4.78 is 14.9. The first kappa shape index (κ1) is 26.7. The minimum absolute atomic E-state index is 0.0180.